The topological polar surface area (TPSA) is 70.4 Å². The van der Waals surface area contributed by atoms with Crippen molar-refractivity contribution in [3.63, 3.8) is 0 Å². The molecule has 1 aromatic heterocycles. The zero-order valence-corrected chi connectivity index (χ0v) is 8.78. The molecule has 0 saturated carbocycles. The van der Waals surface area contributed by atoms with Crippen molar-refractivity contribution in [2.24, 2.45) is 0 Å². The third-order valence-corrected chi connectivity index (χ3v) is 3.11. The molecular weight excluding hydrogens is 214 g/mol. The van der Waals surface area contributed by atoms with Crippen LogP contribution in [-0.4, -0.2) is 21.2 Å². The molecule has 2 aromatic rings. The van der Waals surface area contributed by atoms with E-state index in [9.17, 15) is 9.90 Å². The van der Waals surface area contributed by atoms with Gasteiger partial charge in [-0.3, -0.25) is 4.79 Å². The van der Waals surface area contributed by atoms with Gasteiger partial charge in [0.05, 0.1) is 21.6 Å². The second-order valence-corrected chi connectivity index (χ2v) is 4.18. The number of thiazole rings is 1. The first-order valence-electron chi connectivity index (χ1n) is 4.38. The number of rotatable bonds is 2. The minimum absolute atomic E-state index is 0.0154. The molecule has 0 spiro atoms. The Morgan fingerprint density at radius 3 is 2.93 bits per heavy atom. The summed E-state index contributed by atoms with van der Waals surface area (Å²) in [4.78, 5) is 14.9. The Balaban J connectivity index is 2.59. The van der Waals surface area contributed by atoms with E-state index in [2.05, 4.69) is 4.98 Å². The molecule has 0 aliphatic rings. The molecule has 0 bridgehead atoms. The van der Waals surface area contributed by atoms with Gasteiger partial charge in [-0.05, 0) is 19.1 Å². The van der Waals surface area contributed by atoms with Crippen LogP contribution in [0.4, 0.5) is 0 Å². The number of aliphatic carboxylic acids is 1. The van der Waals surface area contributed by atoms with Gasteiger partial charge in [0.25, 0.3) is 0 Å². The number of carboxylic acids is 1. The van der Waals surface area contributed by atoms with Gasteiger partial charge in [0.2, 0.25) is 0 Å². The first kappa shape index (κ1) is 9.92. The first-order chi connectivity index (χ1) is 7.09. The van der Waals surface area contributed by atoms with Crippen LogP contribution in [0.5, 0.6) is 5.75 Å². The predicted octanol–water partition coefficient (Wildman–Crippen LogP) is 2.19. The molecule has 1 aromatic carbocycles. The van der Waals surface area contributed by atoms with Gasteiger partial charge in [0.1, 0.15) is 5.75 Å². The minimum Gasteiger partial charge on any atom is -0.508 e. The van der Waals surface area contributed by atoms with Crippen LogP contribution in [0.2, 0.25) is 0 Å². The van der Waals surface area contributed by atoms with Crippen LogP contribution in [0.1, 0.15) is 18.4 Å². The largest absolute Gasteiger partial charge is 0.508 e. The maximum atomic E-state index is 10.8. The Bertz CT molecular complexity index is 520. The van der Waals surface area contributed by atoms with Crippen molar-refractivity contribution in [1.82, 2.24) is 4.98 Å². The number of benzene rings is 1. The van der Waals surface area contributed by atoms with Crippen molar-refractivity contribution in [3.8, 4) is 5.75 Å². The number of carboxylic acid groups (broad SMARTS) is 1. The molecule has 0 amide bonds. The van der Waals surface area contributed by atoms with Crippen LogP contribution >= 0.6 is 11.3 Å². The van der Waals surface area contributed by atoms with E-state index in [4.69, 9.17) is 5.11 Å². The van der Waals surface area contributed by atoms with Gasteiger partial charge < -0.3 is 10.2 Å². The van der Waals surface area contributed by atoms with Crippen LogP contribution in [0.25, 0.3) is 10.2 Å². The zero-order chi connectivity index (χ0) is 11.0. The zero-order valence-electron chi connectivity index (χ0n) is 7.97. The molecule has 78 valence electrons. The second kappa shape index (κ2) is 3.51. The quantitative estimate of drug-likeness (QED) is 0.818. The Kier molecular flexibility index (Phi) is 2.32. The normalized spacial score (nSPS) is 12.9. The number of phenols is 1. The lowest BCUT2D eigenvalue weighted by atomic mass is 10.00. The van der Waals surface area contributed by atoms with E-state index in [-0.39, 0.29) is 5.75 Å². The molecule has 0 radical (unpaired) electrons. The van der Waals surface area contributed by atoms with Crippen LogP contribution < -0.4 is 0 Å². The van der Waals surface area contributed by atoms with E-state index < -0.39 is 11.9 Å². The maximum absolute atomic E-state index is 10.8. The third kappa shape index (κ3) is 1.66. The van der Waals surface area contributed by atoms with E-state index in [1.165, 1.54) is 18.3 Å². The van der Waals surface area contributed by atoms with Gasteiger partial charge in [0.15, 0.2) is 0 Å². The standard InChI is InChI=1S/C10H9NO3S/c1-5(10(13)14)6-2-7-9(3-8(6)12)15-4-11-7/h2-5,12H,1H3,(H,13,14). The maximum Gasteiger partial charge on any atom is 0.310 e. The van der Waals surface area contributed by atoms with Crippen LogP contribution in [0, 0.1) is 0 Å². The average Bonchev–Trinajstić information content (AvgIpc) is 2.62. The van der Waals surface area contributed by atoms with Gasteiger partial charge >= 0.3 is 5.97 Å². The number of fused-ring (bicyclic) bond motifs is 1. The fourth-order valence-corrected chi connectivity index (χ4v) is 2.08. The summed E-state index contributed by atoms with van der Waals surface area (Å²) in [5.41, 5.74) is 2.79. The molecule has 2 rings (SSSR count). The number of hydrogen-bond donors (Lipinski definition) is 2. The second-order valence-electron chi connectivity index (χ2n) is 3.29. The van der Waals surface area contributed by atoms with Crippen molar-refractivity contribution in [1.29, 1.82) is 0 Å². The molecule has 0 saturated heterocycles. The van der Waals surface area contributed by atoms with E-state index in [0.29, 0.717) is 5.56 Å². The minimum atomic E-state index is -0.958. The highest BCUT2D eigenvalue weighted by atomic mass is 32.1. The molecule has 2 N–H and O–H groups in total. The number of carbonyl (C=O) groups is 1. The molecular formula is C10H9NO3S. The summed E-state index contributed by atoms with van der Waals surface area (Å²) in [5, 5.41) is 18.5. The smallest absolute Gasteiger partial charge is 0.310 e. The van der Waals surface area contributed by atoms with Gasteiger partial charge in [0, 0.05) is 5.56 Å². The van der Waals surface area contributed by atoms with E-state index in [1.54, 1.807) is 17.6 Å². The van der Waals surface area contributed by atoms with Crippen LogP contribution in [0.3, 0.4) is 0 Å². The monoisotopic (exact) mass is 223 g/mol. The predicted molar refractivity (Wildman–Crippen MR) is 57.3 cm³/mol. The lowest BCUT2D eigenvalue weighted by Crippen LogP contribution is -2.07. The summed E-state index contributed by atoms with van der Waals surface area (Å²) in [6.45, 7) is 1.54. The van der Waals surface area contributed by atoms with Crippen molar-refractivity contribution in [3.05, 3.63) is 23.2 Å². The van der Waals surface area contributed by atoms with Gasteiger partial charge in [-0.1, -0.05) is 0 Å². The molecule has 1 unspecified atom stereocenters. The van der Waals surface area contributed by atoms with Gasteiger partial charge in [-0.2, -0.15) is 0 Å². The molecule has 1 atom stereocenters. The molecule has 5 heteroatoms. The van der Waals surface area contributed by atoms with Gasteiger partial charge in [-0.15, -0.1) is 11.3 Å². The highest BCUT2D eigenvalue weighted by Gasteiger charge is 2.18. The average molecular weight is 223 g/mol. The number of aromatic hydroxyl groups is 1. The number of hydrogen-bond acceptors (Lipinski definition) is 4. The van der Waals surface area contributed by atoms with Crippen molar-refractivity contribution in [2.75, 3.05) is 0 Å². The van der Waals surface area contributed by atoms with Gasteiger partial charge in [-0.25, -0.2) is 4.98 Å². The lowest BCUT2D eigenvalue weighted by molar-refractivity contribution is -0.138. The van der Waals surface area contributed by atoms with Crippen molar-refractivity contribution >= 4 is 27.5 Å². The fraction of sp³-hybridized carbons (Fsp3) is 0.200. The third-order valence-electron chi connectivity index (χ3n) is 2.32. The Morgan fingerprint density at radius 2 is 2.27 bits per heavy atom. The molecule has 0 aliphatic carbocycles. The summed E-state index contributed by atoms with van der Waals surface area (Å²) in [6, 6.07) is 3.18. The fourth-order valence-electron chi connectivity index (χ4n) is 1.39. The summed E-state index contributed by atoms with van der Waals surface area (Å²) < 4.78 is 0.855. The number of nitrogens with zero attached hydrogens (tertiary/aromatic N) is 1. The SMILES string of the molecule is CC(C(=O)O)c1cc2ncsc2cc1O. The van der Waals surface area contributed by atoms with E-state index in [1.807, 2.05) is 0 Å². The number of aromatic nitrogens is 1. The van der Waals surface area contributed by atoms with E-state index in [0.717, 1.165) is 10.2 Å². The molecule has 1 heterocycles. The Morgan fingerprint density at radius 1 is 1.53 bits per heavy atom. The number of phenolic OH excluding ortho intramolecular Hbond substituents is 1. The Labute approximate surface area is 89.8 Å². The molecule has 15 heavy (non-hydrogen) atoms. The van der Waals surface area contributed by atoms with Crippen molar-refractivity contribution < 1.29 is 15.0 Å². The van der Waals surface area contributed by atoms with E-state index >= 15 is 0 Å². The summed E-state index contributed by atoms with van der Waals surface area (Å²) in [5.74, 6) is -1.67. The molecule has 4 nitrogen and oxygen atoms in total. The first-order valence-corrected chi connectivity index (χ1v) is 5.26. The lowest BCUT2D eigenvalue weighted by Gasteiger charge is -2.08. The molecule has 0 fully saturated rings. The summed E-state index contributed by atoms with van der Waals surface area (Å²) in [6.07, 6.45) is 0. The van der Waals surface area contributed by atoms with Crippen LogP contribution in [-0.2, 0) is 4.79 Å². The summed E-state index contributed by atoms with van der Waals surface area (Å²) >= 11 is 1.41. The highest BCUT2D eigenvalue weighted by molar-refractivity contribution is 7.16. The summed E-state index contributed by atoms with van der Waals surface area (Å²) in [7, 11) is 0. The Hall–Kier alpha value is -1.62. The molecule has 0 aliphatic heterocycles. The van der Waals surface area contributed by atoms with Crippen LogP contribution in [0.15, 0.2) is 17.6 Å². The van der Waals surface area contributed by atoms with Crippen molar-refractivity contribution in [2.45, 2.75) is 12.8 Å². The highest BCUT2D eigenvalue weighted by Crippen LogP contribution is 2.31.